The highest BCUT2D eigenvalue weighted by Gasteiger charge is 2.09. The highest BCUT2D eigenvalue weighted by Crippen LogP contribution is 2.15. The van der Waals surface area contributed by atoms with Crippen molar-refractivity contribution in [3.05, 3.63) is 53.7 Å². The van der Waals surface area contributed by atoms with Crippen molar-refractivity contribution in [2.75, 3.05) is 11.9 Å². The minimum absolute atomic E-state index is 0.0526. The summed E-state index contributed by atoms with van der Waals surface area (Å²) in [6.45, 7) is 1.96. The Balaban J connectivity index is 1.80. The van der Waals surface area contributed by atoms with Crippen LogP contribution in [-0.4, -0.2) is 18.4 Å². The van der Waals surface area contributed by atoms with Crippen molar-refractivity contribution >= 4 is 17.5 Å². The number of halogens is 1. The number of anilines is 1. The van der Waals surface area contributed by atoms with Gasteiger partial charge in [-0.3, -0.25) is 9.59 Å². The maximum atomic E-state index is 13.5. The zero-order chi connectivity index (χ0) is 15.2. The van der Waals surface area contributed by atoms with Crippen LogP contribution in [0.5, 0.6) is 0 Å². The molecule has 0 radical (unpaired) electrons. The molecule has 2 rings (SSSR count). The number of hydrogen-bond donors (Lipinski definition) is 2. The van der Waals surface area contributed by atoms with E-state index in [9.17, 15) is 14.0 Å². The van der Waals surface area contributed by atoms with Crippen LogP contribution in [0.1, 0.15) is 22.3 Å². The zero-order valence-corrected chi connectivity index (χ0v) is 11.5. The van der Waals surface area contributed by atoms with Gasteiger partial charge in [0.2, 0.25) is 5.91 Å². The molecule has 6 heteroatoms. The van der Waals surface area contributed by atoms with Crippen molar-refractivity contribution in [2.24, 2.45) is 0 Å². The lowest BCUT2D eigenvalue weighted by Gasteiger charge is -2.08. The molecule has 2 aromatic rings. The molecule has 2 amide bonds. The van der Waals surface area contributed by atoms with E-state index >= 15 is 0 Å². The normalized spacial score (nSPS) is 10.2. The summed E-state index contributed by atoms with van der Waals surface area (Å²) >= 11 is 0. The molecule has 0 aliphatic rings. The Morgan fingerprint density at radius 2 is 2.10 bits per heavy atom. The van der Waals surface area contributed by atoms with Gasteiger partial charge in [0.15, 0.2) is 0 Å². The fraction of sp³-hybridized carbons (Fsp3) is 0.200. The topological polar surface area (TPSA) is 71.3 Å². The number of carbonyl (C=O) groups excluding carboxylic acids is 2. The minimum Gasteiger partial charge on any atom is -0.472 e. The fourth-order valence-electron chi connectivity index (χ4n) is 1.73. The predicted molar refractivity (Wildman–Crippen MR) is 75.4 cm³/mol. The Bertz CT molecular complexity index is 638. The highest BCUT2D eigenvalue weighted by molar-refractivity contribution is 5.95. The molecule has 1 aromatic heterocycles. The molecule has 1 aromatic carbocycles. The van der Waals surface area contributed by atoms with Gasteiger partial charge in [-0.1, -0.05) is 6.07 Å². The number of rotatable bonds is 5. The van der Waals surface area contributed by atoms with Gasteiger partial charge in [-0.2, -0.15) is 0 Å². The summed E-state index contributed by atoms with van der Waals surface area (Å²) in [6, 6.07) is 6.00. The van der Waals surface area contributed by atoms with E-state index < -0.39 is 5.82 Å². The van der Waals surface area contributed by atoms with Crippen LogP contribution in [0.2, 0.25) is 0 Å². The van der Waals surface area contributed by atoms with Crippen LogP contribution in [0.4, 0.5) is 10.1 Å². The average molecular weight is 290 g/mol. The Kier molecular flexibility index (Phi) is 4.71. The van der Waals surface area contributed by atoms with Crippen LogP contribution in [-0.2, 0) is 4.79 Å². The molecule has 0 bridgehead atoms. The first-order valence-corrected chi connectivity index (χ1v) is 6.42. The summed E-state index contributed by atoms with van der Waals surface area (Å²) in [6.07, 6.45) is 2.76. The monoisotopic (exact) mass is 290 g/mol. The van der Waals surface area contributed by atoms with E-state index in [1.54, 1.807) is 19.1 Å². The standard InChI is InChI=1S/C15H15FN2O3/c1-10-2-3-12(16)13(8-10)18-14(19)4-6-17-15(20)11-5-7-21-9-11/h2-3,5,7-9H,4,6H2,1H3,(H,17,20)(H,18,19). The minimum atomic E-state index is -0.489. The van der Waals surface area contributed by atoms with Gasteiger partial charge in [-0.15, -0.1) is 0 Å². The molecule has 21 heavy (non-hydrogen) atoms. The number of aryl methyl sites for hydroxylation is 1. The Labute approximate surface area is 121 Å². The van der Waals surface area contributed by atoms with Gasteiger partial charge in [-0.05, 0) is 30.7 Å². The summed E-state index contributed by atoms with van der Waals surface area (Å²) in [7, 11) is 0. The van der Waals surface area contributed by atoms with E-state index in [1.807, 2.05) is 0 Å². The molecule has 1 heterocycles. The van der Waals surface area contributed by atoms with E-state index in [0.29, 0.717) is 5.56 Å². The zero-order valence-electron chi connectivity index (χ0n) is 11.5. The Hall–Kier alpha value is -2.63. The lowest BCUT2D eigenvalue weighted by Crippen LogP contribution is -2.27. The number of amides is 2. The van der Waals surface area contributed by atoms with Crippen LogP contribution in [0.15, 0.2) is 41.2 Å². The molecule has 0 saturated carbocycles. The van der Waals surface area contributed by atoms with E-state index in [-0.39, 0.29) is 30.5 Å². The number of nitrogens with one attached hydrogen (secondary N) is 2. The second kappa shape index (κ2) is 6.69. The molecule has 2 N–H and O–H groups in total. The summed E-state index contributed by atoms with van der Waals surface area (Å²) in [5.74, 6) is -1.18. The second-order valence-corrected chi connectivity index (χ2v) is 4.55. The summed E-state index contributed by atoms with van der Waals surface area (Å²) < 4.78 is 18.3. The molecule has 0 unspecified atom stereocenters. The van der Waals surface area contributed by atoms with Crippen LogP contribution in [0.3, 0.4) is 0 Å². The lowest BCUT2D eigenvalue weighted by atomic mass is 10.2. The molecule has 0 fully saturated rings. The molecule has 5 nitrogen and oxygen atoms in total. The lowest BCUT2D eigenvalue weighted by molar-refractivity contribution is -0.116. The van der Waals surface area contributed by atoms with Gasteiger partial charge in [0.05, 0.1) is 17.5 Å². The largest absolute Gasteiger partial charge is 0.472 e. The van der Waals surface area contributed by atoms with Crippen molar-refractivity contribution in [1.82, 2.24) is 5.32 Å². The molecule has 110 valence electrons. The van der Waals surface area contributed by atoms with Crippen LogP contribution < -0.4 is 10.6 Å². The van der Waals surface area contributed by atoms with Crippen molar-refractivity contribution in [3.63, 3.8) is 0 Å². The summed E-state index contributed by atoms with van der Waals surface area (Å²) in [5, 5.41) is 5.05. The van der Waals surface area contributed by atoms with Crippen LogP contribution in [0.25, 0.3) is 0 Å². The van der Waals surface area contributed by atoms with E-state index in [1.165, 1.54) is 24.7 Å². The highest BCUT2D eigenvalue weighted by atomic mass is 19.1. The average Bonchev–Trinajstić information content (AvgIpc) is 2.97. The number of carbonyl (C=O) groups is 2. The fourth-order valence-corrected chi connectivity index (χ4v) is 1.73. The van der Waals surface area contributed by atoms with E-state index in [4.69, 9.17) is 4.42 Å². The van der Waals surface area contributed by atoms with Gasteiger partial charge in [-0.25, -0.2) is 4.39 Å². The molecule has 0 saturated heterocycles. The summed E-state index contributed by atoms with van der Waals surface area (Å²) in [4.78, 5) is 23.3. The van der Waals surface area contributed by atoms with Gasteiger partial charge >= 0.3 is 0 Å². The number of furan rings is 1. The van der Waals surface area contributed by atoms with E-state index in [2.05, 4.69) is 10.6 Å². The SMILES string of the molecule is Cc1ccc(F)c(NC(=O)CCNC(=O)c2ccoc2)c1. The number of hydrogen-bond acceptors (Lipinski definition) is 3. The maximum Gasteiger partial charge on any atom is 0.254 e. The van der Waals surface area contributed by atoms with Gasteiger partial charge < -0.3 is 15.1 Å². The van der Waals surface area contributed by atoms with Crippen LogP contribution in [0, 0.1) is 12.7 Å². The molecule has 0 aliphatic heterocycles. The molecule has 0 atom stereocenters. The molecular formula is C15H15FN2O3. The quantitative estimate of drug-likeness (QED) is 0.888. The van der Waals surface area contributed by atoms with Crippen molar-refractivity contribution < 1.29 is 18.4 Å². The first kappa shape index (κ1) is 14.8. The van der Waals surface area contributed by atoms with Crippen molar-refractivity contribution in [2.45, 2.75) is 13.3 Å². The van der Waals surface area contributed by atoms with E-state index in [0.717, 1.165) is 5.56 Å². The van der Waals surface area contributed by atoms with Crippen LogP contribution >= 0.6 is 0 Å². The maximum absolute atomic E-state index is 13.5. The van der Waals surface area contributed by atoms with Gasteiger partial charge in [0.25, 0.3) is 5.91 Å². The number of benzene rings is 1. The second-order valence-electron chi connectivity index (χ2n) is 4.55. The van der Waals surface area contributed by atoms with Crippen molar-refractivity contribution in [1.29, 1.82) is 0 Å². The Morgan fingerprint density at radius 3 is 2.81 bits per heavy atom. The smallest absolute Gasteiger partial charge is 0.254 e. The molecule has 0 aliphatic carbocycles. The van der Waals surface area contributed by atoms with Crippen molar-refractivity contribution in [3.8, 4) is 0 Å². The molecular weight excluding hydrogens is 275 g/mol. The summed E-state index contributed by atoms with van der Waals surface area (Å²) in [5.41, 5.74) is 1.38. The third-order valence-corrected chi connectivity index (χ3v) is 2.82. The Morgan fingerprint density at radius 1 is 1.29 bits per heavy atom. The third kappa shape index (κ3) is 4.17. The first-order valence-electron chi connectivity index (χ1n) is 6.42. The first-order chi connectivity index (χ1) is 10.1. The van der Waals surface area contributed by atoms with Gasteiger partial charge in [0, 0.05) is 13.0 Å². The third-order valence-electron chi connectivity index (χ3n) is 2.82. The molecule has 0 spiro atoms. The van der Waals surface area contributed by atoms with Gasteiger partial charge in [0.1, 0.15) is 12.1 Å². The predicted octanol–water partition coefficient (Wildman–Crippen LogP) is 2.49.